The Morgan fingerprint density at radius 3 is 1.87 bits per heavy atom. The molecule has 23 heavy (non-hydrogen) atoms. The van der Waals surface area contributed by atoms with E-state index in [1.165, 1.54) is 0 Å². The van der Waals surface area contributed by atoms with Crippen molar-refractivity contribution < 1.29 is 28.4 Å². The average molecular weight is 328 g/mol. The van der Waals surface area contributed by atoms with E-state index in [0.29, 0.717) is 31.5 Å². The molecule has 132 valence electrons. The second-order valence-electron chi connectivity index (χ2n) is 7.29. The van der Waals surface area contributed by atoms with Crippen LogP contribution in [0, 0.1) is 0 Å². The van der Waals surface area contributed by atoms with E-state index in [-0.39, 0.29) is 17.8 Å². The van der Waals surface area contributed by atoms with Gasteiger partial charge in [0.15, 0.2) is 0 Å². The first-order valence-corrected chi connectivity index (χ1v) is 8.96. The van der Waals surface area contributed by atoms with Gasteiger partial charge in [-0.1, -0.05) is 6.92 Å². The molecule has 5 atom stereocenters. The molecule has 0 N–H and O–H groups in total. The van der Waals surface area contributed by atoms with Gasteiger partial charge in [-0.15, -0.1) is 0 Å². The molecule has 6 nitrogen and oxygen atoms in total. The van der Waals surface area contributed by atoms with E-state index in [2.05, 4.69) is 6.92 Å². The quantitative estimate of drug-likeness (QED) is 0.475. The van der Waals surface area contributed by atoms with Crippen molar-refractivity contribution in [3.05, 3.63) is 0 Å². The minimum atomic E-state index is -0.223. The molecule has 4 aliphatic rings. The minimum absolute atomic E-state index is 0.192. The van der Waals surface area contributed by atoms with E-state index in [4.69, 9.17) is 28.4 Å². The van der Waals surface area contributed by atoms with Gasteiger partial charge in [0.05, 0.1) is 63.6 Å². The van der Waals surface area contributed by atoms with Crippen LogP contribution >= 0.6 is 0 Å². The number of rotatable bonds is 13. The van der Waals surface area contributed by atoms with Crippen molar-refractivity contribution in [1.82, 2.24) is 0 Å². The predicted octanol–water partition coefficient (Wildman–Crippen LogP) is 1.30. The number of hydrogen-bond acceptors (Lipinski definition) is 6. The van der Waals surface area contributed by atoms with Gasteiger partial charge in [-0.2, -0.15) is 0 Å². The summed E-state index contributed by atoms with van der Waals surface area (Å²) in [5.74, 6) is 0. The second-order valence-corrected chi connectivity index (χ2v) is 7.29. The van der Waals surface area contributed by atoms with Gasteiger partial charge in [-0.3, -0.25) is 0 Å². The van der Waals surface area contributed by atoms with Crippen LogP contribution in [0.2, 0.25) is 0 Å². The summed E-state index contributed by atoms with van der Waals surface area (Å²) in [6, 6.07) is 0. The van der Waals surface area contributed by atoms with Crippen molar-refractivity contribution in [2.75, 3.05) is 39.6 Å². The highest BCUT2D eigenvalue weighted by Crippen LogP contribution is 2.39. The van der Waals surface area contributed by atoms with Crippen molar-refractivity contribution in [2.45, 2.75) is 68.7 Å². The van der Waals surface area contributed by atoms with Crippen LogP contribution in [-0.4, -0.2) is 75.8 Å². The lowest BCUT2D eigenvalue weighted by atomic mass is 9.85. The SMILES string of the molecule is CCC(CC(CC1CO1)(CC1CO1)OCC1CO1)OCC1CO1. The smallest absolute Gasteiger partial charge is 0.104 e. The van der Waals surface area contributed by atoms with Crippen molar-refractivity contribution in [1.29, 1.82) is 0 Å². The van der Waals surface area contributed by atoms with E-state index < -0.39 is 0 Å². The molecule has 0 spiro atoms. The van der Waals surface area contributed by atoms with Gasteiger partial charge < -0.3 is 28.4 Å². The molecule has 5 unspecified atom stereocenters. The fourth-order valence-corrected chi connectivity index (χ4v) is 3.21. The third kappa shape index (κ3) is 5.37. The first-order valence-electron chi connectivity index (χ1n) is 8.96. The summed E-state index contributed by atoms with van der Waals surface area (Å²) in [7, 11) is 0. The van der Waals surface area contributed by atoms with E-state index >= 15 is 0 Å². The maximum Gasteiger partial charge on any atom is 0.104 e. The van der Waals surface area contributed by atoms with Gasteiger partial charge in [-0.05, 0) is 6.42 Å². The lowest BCUT2D eigenvalue weighted by Gasteiger charge is -2.36. The highest BCUT2D eigenvalue weighted by molar-refractivity contribution is 4.95. The lowest BCUT2D eigenvalue weighted by molar-refractivity contribution is -0.107. The molecule has 6 heteroatoms. The Bertz CT molecular complexity index is 373. The van der Waals surface area contributed by atoms with Crippen molar-refractivity contribution in [3.8, 4) is 0 Å². The first-order chi connectivity index (χ1) is 11.2. The molecule has 4 saturated heterocycles. The third-order valence-electron chi connectivity index (χ3n) is 4.96. The number of hydrogen-bond donors (Lipinski definition) is 0. The molecular formula is C17H28O6. The Hall–Kier alpha value is -0.240. The summed E-state index contributed by atoms with van der Waals surface area (Å²) in [6.45, 7) is 6.90. The first kappa shape index (κ1) is 16.2. The molecule has 4 heterocycles. The molecule has 0 bridgehead atoms. The molecule has 0 saturated carbocycles. The molecule has 0 aromatic rings. The molecule has 4 fully saturated rings. The Balaban J connectivity index is 1.38. The van der Waals surface area contributed by atoms with Gasteiger partial charge in [0.1, 0.15) is 12.2 Å². The zero-order valence-electron chi connectivity index (χ0n) is 13.9. The van der Waals surface area contributed by atoms with E-state index in [0.717, 1.165) is 52.1 Å². The molecule has 0 aliphatic carbocycles. The highest BCUT2D eigenvalue weighted by atomic mass is 16.6. The van der Waals surface area contributed by atoms with Crippen LogP contribution in [0.4, 0.5) is 0 Å². The van der Waals surface area contributed by atoms with E-state index in [9.17, 15) is 0 Å². The van der Waals surface area contributed by atoms with Crippen molar-refractivity contribution in [2.24, 2.45) is 0 Å². The lowest BCUT2D eigenvalue weighted by Crippen LogP contribution is -2.41. The van der Waals surface area contributed by atoms with Crippen LogP contribution in [0.15, 0.2) is 0 Å². The van der Waals surface area contributed by atoms with Gasteiger partial charge in [-0.25, -0.2) is 0 Å². The van der Waals surface area contributed by atoms with Crippen LogP contribution < -0.4 is 0 Å². The fourth-order valence-electron chi connectivity index (χ4n) is 3.21. The van der Waals surface area contributed by atoms with Crippen LogP contribution in [0.5, 0.6) is 0 Å². The topological polar surface area (TPSA) is 68.6 Å². The molecule has 0 aromatic heterocycles. The van der Waals surface area contributed by atoms with Crippen molar-refractivity contribution >= 4 is 0 Å². The van der Waals surface area contributed by atoms with Crippen LogP contribution in [0.1, 0.15) is 32.6 Å². The van der Waals surface area contributed by atoms with Crippen LogP contribution in [-0.2, 0) is 28.4 Å². The maximum absolute atomic E-state index is 6.41. The normalized spacial score (nSPS) is 38.0. The maximum atomic E-state index is 6.41. The highest BCUT2D eigenvalue weighted by Gasteiger charge is 2.45. The van der Waals surface area contributed by atoms with Crippen LogP contribution in [0.3, 0.4) is 0 Å². The Morgan fingerprint density at radius 1 is 0.870 bits per heavy atom. The summed E-state index contributed by atoms with van der Waals surface area (Å²) >= 11 is 0. The van der Waals surface area contributed by atoms with Crippen LogP contribution in [0.25, 0.3) is 0 Å². The Morgan fingerprint density at radius 2 is 1.39 bits per heavy atom. The fraction of sp³-hybridized carbons (Fsp3) is 1.00. The van der Waals surface area contributed by atoms with Gasteiger partial charge >= 0.3 is 0 Å². The zero-order chi connectivity index (χ0) is 15.7. The molecule has 0 radical (unpaired) electrons. The largest absolute Gasteiger partial charge is 0.375 e. The summed E-state index contributed by atoms with van der Waals surface area (Å²) in [6.07, 6.45) is 5.16. The molecule has 0 amide bonds. The van der Waals surface area contributed by atoms with Gasteiger partial charge in [0.2, 0.25) is 0 Å². The summed E-state index contributed by atoms with van der Waals surface area (Å²) in [4.78, 5) is 0. The third-order valence-corrected chi connectivity index (χ3v) is 4.96. The standard InChI is InChI=1S/C17H28O6/c1-2-12(18-8-15-9-21-15)3-17(4-13-6-19-13,5-14-7-20-14)23-11-16-10-22-16/h12-16H,2-11H2,1H3. The summed E-state index contributed by atoms with van der Waals surface area (Å²) in [5.41, 5.74) is -0.223. The summed E-state index contributed by atoms with van der Waals surface area (Å²) < 4.78 is 34.1. The molecule has 0 aromatic carbocycles. The molecular weight excluding hydrogens is 300 g/mol. The van der Waals surface area contributed by atoms with Gasteiger partial charge in [0, 0.05) is 19.3 Å². The zero-order valence-corrected chi connectivity index (χ0v) is 13.9. The minimum Gasteiger partial charge on any atom is -0.375 e. The monoisotopic (exact) mass is 328 g/mol. The van der Waals surface area contributed by atoms with Gasteiger partial charge in [0.25, 0.3) is 0 Å². The number of ether oxygens (including phenoxy) is 6. The van der Waals surface area contributed by atoms with E-state index in [1.54, 1.807) is 0 Å². The number of epoxide rings is 4. The van der Waals surface area contributed by atoms with E-state index in [1.807, 2.05) is 0 Å². The predicted molar refractivity (Wildman–Crippen MR) is 81.5 cm³/mol. The Labute approximate surface area is 137 Å². The average Bonchev–Trinajstić information content (AvgIpc) is 3.34. The molecule has 4 aliphatic heterocycles. The Kier molecular flexibility index (Phi) is 4.90. The molecule has 4 rings (SSSR count). The summed E-state index contributed by atoms with van der Waals surface area (Å²) in [5, 5.41) is 0. The van der Waals surface area contributed by atoms with Crippen molar-refractivity contribution in [3.63, 3.8) is 0 Å². The second kappa shape index (κ2) is 6.94.